The molecule has 1 aliphatic carbocycles. The van der Waals surface area contributed by atoms with Gasteiger partial charge in [-0.1, -0.05) is 0 Å². The van der Waals surface area contributed by atoms with Crippen molar-refractivity contribution < 1.29 is 24.5 Å². The standard InChI is InChI=1S/C15H18O5/c1-15-5-3-4-8(15)6-9-11(20-15)7-10(16)12(13(9)17)14(18)19-2/h7-8,16-17H,3-6H2,1-2H3/t8-,15-/m0/s1. The summed E-state index contributed by atoms with van der Waals surface area (Å²) in [6.07, 6.45) is 3.76. The van der Waals surface area contributed by atoms with Crippen LogP contribution in [-0.4, -0.2) is 28.9 Å². The molecule has 0 unspecified atom stereocenters. The number of methoxy groups -OCH3 is 1. The van der Waals surface area contributed by atoms with Crippen LogP contribution in [0.5, 0.6) is 17.2 Å². The van der Waals surface area contributed by atoms with E-state index in [0.29, 0.717) is 23.7 Å². The van der Waals surface area contributed by atoms with Gasteiger partial charge in [0.25, 0.3) is 0 Å². The molecule has 0 radical (unpaired) electrons. The first-order chi connectivity index (χ1) is 9.46. The highest BCUT2D eigenvalue weighted by Gasteiger charge is 2.45. The number of carbonyl (C=O) groups excluding carboxylic acids is 1. The van der Waals surface area contributed by atoms with E-state index < -0.39 is 5.97 Å². The van der Waals surface area contributed by atoms with Crippen molar-refractivity contribution in [3.05, 3.63) is 17.2 Å². The summed E-state index contributed by atoms with van der Waals surface area (Å²) < 4.78 is 10.6. The number of benzene rings is 1. The highest BCUT2D eigenvalue weighted by molar-refractivity contribution is 5.96. The minimum absolute atomic E-state index is 0.184. The molecule has 2 atom stereocenters. The Labute approximate surface area is 117 Å². The van der Waals surface area contributed by atoms with Crippen LogP contribution < -0.4 is 4.74 Å². The summed E-state index contributed by atoms with van der Waals surface area (Å²) in [5, 5.41) is 20.2. The predicted octanol–water partition coefficient (Wildman–Crippen LogP) is 2.38. The fraction of sp³-hybridized carbons (Fsp3) is 0.533. The quantitative estimate of drug-likeness (QED) is 0.771. The van der Waals surface area contributed by atoms with Gasteiger partial charge in [-0.05, 0) is 32.6 Å². The van der Waals surface area contributed by atoms with E-state index in [1.54, 1.807) is 0 Å². The number of phenolic OH excluding ortho intramolecular Hbond substituents is 2. The molecule has 1 aliphatic heterocycles. The van der Waals surface area contributed by atoms with Crippen molar-refractivity contribution >= 4 is 5.97 Å². The maximum Gasteiger partial charge on any atom is 0.345 e. The van der Waals surface area contributed by atoms with Crippen LogP contribution in [0.2, 0.25) is 0 Å². The lowest BCUT2D eigenvalue weighted by atomic mass is 9.83. The van der Waals surface area contributed by atoms with Crippen LogP contribution in [0.4, 0.5) is 0 Å². The SMILES string of the molecule is COC(=O)c1c(O)cc2c(c1O)C[C@@H]1CCC[C@]1(C)O2. The lowest BCUT2D eigenvalue weighted by molar-refractivity contribution is 0.0312. The molecule has 0 amide bonds. The molecule has 5 heteroatoms. The van der Waals surface area contributed by atoms with Gasteiger partial charge in [-0.3, -0.25) is 0 Å². The molecule has 1 aromatic rings. The fourth-order valence-corrected chi connectivity index (χ4v) is 3.42. The highest BCUT2D eigenvalue weighted by Crippen LogP contribution is 2.50. The van der Waals surface area contributed by atoms with Crippen LogP contribution >= 0.6 is 0 Å². The first-order valence-corrected chi connectivity index (χ1v) is 6.81. The van der Waals surface area contributed by atoms with E-state index in [4.69, 9.17) is 4.74 Å². The lowest BCUT2D eigenvalue weighted by Gasteiger charge is -2.38. The molecule has 108 valence electrons. The number of hydrogen-bond acceptors (Lipinski definition) is 5. The molecule has 3 rings (SSSR count). The molecule has 0 spiro atoms. The monoisotopic (exact) mass is 278 g/mol. The molecule has 1 heterocycles. The Kier molecular flexibility index (Phi) is 2.81. The first kappa shape index (κ1) is 13.1. The summed E-state index contributed by atoms with van der Waals surface area (Å²) in [4.78, 5) is 11.6. The molecule has 0 saturated heterocycles. The van der Waals surface area contributed by atoms with E-state index in [2.05, 4.69) is 11.7 Å². The average molecular weight is 278 g/mol. The van der Waals surface area contributed by atoms with Gasteiger partial charge in [-0.25, -0.2) is 4.79 Å². The Hall–Kier alpha value is -1.91. The van der Waals surface area contributed by atoms with Gasteiger partial charge >= 0.3 is 5.97 Å². The molecular formula is C15H18O5. The largest absolute Gasteiger partial charge is 0.507 e. The van der Waals surface area contributed by atoms with Crippen LogP contribution in [0.15, 0.2) is 6.07 Å². The molecule has 1 saturated carbocycles. The summed E-state index contributed by atoms with van der Waals surface area (Å²) in [6, 6.07) is 1.40. The summed E-state index contributed by atoms with van der Waals surface area (Å²) >= 11 is 0. The van der Waals surface area contributed by atoms with E-state index in [-0.39, 0.29) is 22.7 Å². The van der Waals surface area contributed by atoms with Crippen LogP contribution in [0, 0.1) is 5.92 Å². The molecule has 0 aromatic heterocycles. The second kappa shape index (κ2) is 4.30. The molecule has 2 N–H and O–H groups in total. The maximum atomic E-state index is 11.6. The molecule has 2 aliphatic rings. The second-order valence-corrected chi connectivity index (χ2v) is 5.80. The minimum atomic E-state index is -0.748. The first-order valence-electron chi connectivity index (χ1n) is 6.81. The number of esters is 1. The zero-order valence-electron chi connectivity index (χ0n) is 11.6. The molecule has 1 aromatic carbocycles. The van der Waals surface area contributed by atoms with Crippen LogP contribution in [-0.2, 0) is 11.2 Å². The Balaban J connectivity index is 2.10. The Morgan fingerprint density at radius 1 is 1.50 bits per heavy atom. The second-order valence-electron chi connectivity index (χ2n) is 5.80. The fourth-order valence-electron chi connectivity index (χ4n) is 3.42. The third-order valence-electron chi connectivity index (χ3n) is 4.62. The lowest BCUT2D eigenvalue weighted by Crippen LogP contribution is -2.40. The Morgan fingerprint density at radius 2 is 2.25 bits per heavy atom. The maximum absolute atomic E-state index is 11.6. The van der Waals surface area contributed by atoms with E-state index >= 15 is 0 Å². The van der Waals surface area contributed by atoms with Crippen molar-refractivity contribution in [1.29, 1.82) is 0 Å². The van der Waals surface area contributed by atoms with Gasteiger partial charge in [0, 0.05) is 17.5 Å². The Bertz CT molecular complexity index is 580. The van der Waals surface area contributed by atoms with Crippen LogP contribution in [0.25, 0.3) is 0 Å². The van der Waals surface area contributed by atoms with Crippen molar-refractivity contribution in [2.45, 2.75) is 38.2 Å². The number of ether oxygens (including phenoxy) is 2. The van der Waals surface area contributed by atoms with Crippen molar-refractivity contribution in [2.24, 2.45) is 5.92 Å². The zero-order valence-corrected chi connectivity index (χ0v) is 11.6. The van der Waals surface area contributed by atoms with Gasteiger partial charge in [-0.2, -0.15) is 0 Å². The van der Waals surface area contributed by atoms with Crippen molar-refractivity contribution in [2.75, 3.05) is 7.11 Å². The van der Waals surface area contributed by atoms with Crippen LogP contribution in [0.3, 0.4) is 0 Å². The van der Waals surface area contributed by atoms with E-state index in [9.17, 15) is 15.0 Å². The predicted molar refractivity (Wildman–Crippen MR) is 71.2 cm³/mol. The number of aromatic hydroxyl groups is 2. The minimum Gasteiger partial charge on any atom is -0.507 e. The summed E-state index contributed by atoms with van der Waals surface area (Å²) in [5.41, 5.74) is 0.169. The van der Waals surface area contributed by atoms with E-state index in [0.717, 1.165) is 19.3 Å². The van der Waals surface area contributed by atoms with Crippen molar-refractivity contribution in [3.63, 3.8) is 0 Å². The molecule has 5 nitrogen and oxygen atoms in total. The molecule has 1 fully saturated rings. The van der Waals surface area contributed by atoms with Gasteiger partial charge < -0.3 is 19.7 Å². The van der Waals surface area contributed by atoms with Crippen LogP contribution in [0.1, 0.15) is 42.1 Å². The number of rotatable bonds is 1. The van der Waals surface area contributed by atoms with E-state index in [1.165, 1.54) is 13.2 Å². The summed E-state index contributed by atoms with van der Waals surface area (Å²) in [5.74, 6) is -0.485. The topological polar surface area (TPSA) is 76.0 Å². The third-order valence-corrected chi connectivity index (χ3v) is 4.62. The van der Waals surface area contributed by atoms with Gasteiger partial charge in [0.1, 0.15) is 28.4 Å². The molecular weight excluding hydrogens is 260 g/mol. The van der Waals surface area contributed by atoms with Gasteiger partial charge in [0.15, 0.2) is 0 Å². The molecule has 0 bridgehead atoms. The van der Waals surface area contributed by atoms with Gasteiger partial charge in [0.2, 0.25) is 0 Å². The zero-order chi connectivity index (χ0) is 14.5. The van der Waals surface area contributed by atoms with Gasteiger partial charge in [0.05, 0.1) is 7.11 Å². The number of carbonyl (C=O) groups is 1. The van der Waals surface area contributed by atoms with E-state index in [1.807, 2.05) is 0 Å². The third kappa shape index (κ3) is 1.72. The Morgan fingerprint density at radius 3 is 2.95 bits per heavy atom. The average Bonchev–Trinajstić information content (AvgIpc) is 2.76. The smallest absolute Gasteiger partial charge is 0.345 e. The summed E-state index contributed by atoms with van der Waals surface area (Å²) in [7, 11) is 1.21. The van der Waals surface area contributed by atoms with Gasteiger partial charge in [-0.15, -0.1) is 0 Å². The number of fused-ring (bicyclic) bond motifs is 2. The number of hydrogen-bond donors (Lipinski definition) is 2. The van der Waals surface area contributed by atoms with Crippen molar-refractivity contribution in [1.82, 2.24) is 0 Å². The summed E-state index contributed by atoms with van der Waals surface area (Å²) in [6.45, 7) is 2.07. The van der Waals surface area contributed by atoms with Crippen molar-refractivity contribution in [3.8, 4) is 17.2 Å². The highest BCUT2D eigenvalue weighted by atomic mass is 16.5. The normalized spacial score (nSPS) is 27.4. The molecule has 20 heavy (non-hydrogen) atoms. The number of phenols is 2.